The van der Waals surface area contributed by atoms with E-state index in [0.717, 1.165) is 19.4 Å². The van der Waals surface area contributed by atoms with Crippen LogP contribution in [0.3, 0.4) is 0 Å². The molecule has 17 heavy (non-hydrogen) atoms. The van der Waals surface area contributed by atoms with Crippen molar-refractivity contribution in [2.75, 3.05) is 19.6 Å². The van der Waals surface area contributed by atoms with Crippen molar-refractivity contribution in [2.45, 2.75) is 26.7 Å². The van der Waals surface area contributed by atoms with E-state index < -0.39 is 0 Å². The summed E-state index contributed by atoms with van der Waals surface area (Å²) in [5, 5.41) is 5.90. The number of guanidine groups is 1. The first-order chi connectivity index (χ1) is 8.13. The van der Waals surface area contributed by atoms with E-state index in [0.29, 0.717) is 25.0 Å². The van der Waals surface area contributed by atoms with Crippen LogP contribution in [0.15, 0.2) is 4.99 Å². The Morgan fingerprint density at radius 2 is 2.00 bits per heavy atom. The Morgan fingerprint density at radius 3 is 2.53 bits per heavy atom. The number of rotatable bonds is 6. The molecule has 1 saturated carbocycles. The van der Waals surface area contributed by atoms with Gasteiger partial charge in [0.05, 0.1) is 0 Å². The summed E-state index contributed by atoms with van der Waals surface area (Å²) in [5.74, 6) is 6.81. The topological polar surface area (TPSA) is 91.5 Å². The summed E-state index contributed by atoms with van der Waals surface area (Å²) in [5.41, 5.74) is 2.51. The van der Waals surface area contributed by atoms with Gasteiger partial charge in [-0.15, -0.1) is 0 Å². The Morgan fingerprint density at radius 1 is 1.35 bits per heavy atom. The minimum absolute atomic E-state index is 0.160. The Labute approximate surface area is 102 Å². The second kappa shape index (κ2) is 7.11. The lowest BCUT2D eigenvalue weighted by Crippen LogP contribution is -2.44. The van der Waals surface area contributed by atoms with Gasteiger partial charge in [-0.1, -0.05) is 13.8 Å². The number of carbonyl (C=O) groups is 1. The van der Waals surface area contributed by atoms with E-state index in [2.05, 4.69) is 34.9 Å². The molecule has 0 bridgehead atoms. The molecule has 5 N–H and O–H groups in total. The summed E-state index contributed by atoms with van der Waals surface area (Å²) in [6.07, 6.45) is 2.06. The van der Waals surface area contributed by atoms with E-state index >= 15 is 0 Å². The Balaban J connectivity index is 2.10. The maximum Gasteiger partial charge on any atom is 0.223 e. The number of carbonyl (C=O) groups excluding carboxylic acids is 1. The monoisotopic (exact) mass is 241 g/mol. The Kier molecular flexibility index (Phi) is 5.76. The molecule has 0 aromatic heterocycles. The van der Waals surface area contributed by atoms with Crippen LogP contribution < -0.4 is 21.9 Å². The molecule has 1 amide bonds. The number of aliphatic imine (C=N–C) groups is 1. The van der Waals surface area contributed by atoms with Crippen LogP contribution in [0.2, 0.25) is 0 Å². The molecule has 0 radical (unpaired) electrons. The highest BCUT2D eigenvalue weighted by molar-refractivity contribution is 5.81. The lowest BCUT2D eigenvalue weighted by molar-refractivity contribution is -0.122. The van der Waals surface area contributed by atoms with Crippen LogP contribution in [0.4, 0.5) is 0 Å². The second-order valence-corrected chi connectivity index (χ2v) is 4.72. The third kappa shape index (κ3) is 6.11. The minimum atomic E-state index is 0.160. The van der Waals surface area contributed by atoms with Gasteiger partial charge in [0.25, 0.3) is 0 Å². The fourth-order valence-electron chi connectivity index (χ4n) is 1.28. The largest absolute Gasteiger partial charge is 0.354 e. The van der Waals surface area contributed by atoms with Gasteiger partial charge in [0.2, 0.25) is 11.9 Å². The zero-order valence-corrected chi connectivity index (χ0v) is 10.6. The normalized spacial score (nSPS) is 15.9. The highest BCUT2D eigenvalue weighted by Crippen LogP contribution is 2.28. The number of nitrogens with two attached hydrogens (primary N) is 1. The summed E-state index contributed by atoms with van der Waals surface area (Å²) in [6, 6.07) is 0. The first-order valence-corrected chi connectivity index (χ1v) is 6.16. The maximum atomic E-state index is 11.3. The van der Waals surface area contributed by atoms with Gasteiger partial charge < -0.3 is 10.6 Å². The molecule has 1 rings (SSSR count). The lowest BCUT2D eigenvalue weighted by atomic mass is 10.2. The Hall–Kier alpha value is -1.30. The molecule has 0 saturated heterocycles. The number of amides is 1. The molecule has 1 aliphatic carbocycles. The van der Waals surface area contributed by atoms with Gasteiger partial charge in [-0.3, -0.25) is 15.2 Å². The van der Waals surface area contributed by atoms with Crippen LogP contribution in [0.1, 0.15) is 26.7 Å². The second-order valence-electron chi connectivity index (χ2n) is 4.72. The number of hydrogen-bond donors (Lipinski definition) is 4. The molecule has 0 aliphatic heterocycles. The van der Waals surface area contributed by atoms with Crippen molar-refractivity contribution in [1.82, 2.24) is 16.1 Å². The van der Waals surface area contributed by atoms with Crippen molar-refractivity contribution in [3.63, 3.8) is 0 Å². The van der Waals surface area contributed by atoms with Gasteiger partial charge >= 0.3 is 0 Å². The number of hydrogen-bond acceptors (Lipinski definition) is 3. The van der Waals surface area contributed by atoms with Gasteiger partial charge in [-0.05, 0) is 18.8 Å². The first kappa shape index (κ1) is 13.8. The molecular formula is C11H23N5O. The Bertz CT molecular complexity index is 273. The molecule has 6 nitrogen and oxygen atoms in total. The van der Waals surface area contributed by atoms with E-state index in [4.69, 9.17) is 5.84 Å². The number of hydrazine groups is 1. The SMILES string of the molecule is CC(C)CN=C(NN)NCCNC(=O)C1CC1. The smallest absolute Gasteiger partial charge is 0.223 e. The lowest BCUT2D eigenvalue weighted by Gasteiger charge is -2.10. The summed E-state index contributed by atoms with van der Waals surface area (Å²) in [4.78, 5) is 15.6. The highest BCUT2D eigenvalue weighted by atomic mass is 16.2. The summed E-state index contributed by atoms with van der Waals surface area (Å²) < 4.78 is 0. The van der Waals surface area contributed by atoms with Gasteiger partial charge in [0, 0.05) is 25.6 Å². The fourth-order valence-corrected chi connectivity index (χ4v) is 1.28. The number of nitrogens with zero attached hydrogens (tertiary/aromatic N) is 1. The molecular weight excluding hydrogens is 218 g/mol. The molecule has 0 heterocycles. The van der Waals surface area contributed by atoms with Crippen molar-refractivity contribution >= 4 is 11.9 Å². The van der Waals surface area contributed by atoms with E-state index in [-0.39, 0.29) is 11.8 Å². The van der Waals surface area contributed by atoms with Crippen molar-refractivity contribution in [2.24, 2.45) is 22.7 Å². The highest BCUT2D eigenvalue weighted by Gasteiger charge is 2.28. The summed E-state index contributed by atoms with van der Waals surface area (Å²) in [7, 11) is 0. The van der Waals surface area contributed by atoms with Gasteiger partial charge in [0.1, 0.15) is 0 Å². The van der Waals surface area contributed by atoms with Gasteiger partial charge in [-0.2, -0.15) is 0 Å². The molecule has 0 spiro atoms. The van der Waals surface area contributed by atoms with E-state index in [1.165, 1.54) is 0 Å². The average molecular weight is 241 g/mol. The quantitative estimate of drug-likeness (QED) is 0.167. The van der Waals surface area contributed by atoms with Crippen LogP contribution >= 0.6 is 0 Å². The van der Waals surface area contributed by atoms with Crippen molar-refractivity contribution < 1.29 is 4.79 Å². The molecule has 0 unspecified atom stereocenters. The van der Waals surface area contributed by atoms with E-state index in [1.807, 2.05) is 0 Å². The zero-order valence-electron chi connectivity index (χ0n) is 10.6. The third-order valence-corrected chi connectivity index (χ3v) is 2.42. The molecule has 1 aliphatic rings. The average Bonchev–Trinajstić information content (AvgIpc) is 3.11. The maximum absolute atomic E-state index is 11.3. The molecule has 6 heteroatoms. The first-order valence-electron chi connectivity index (χ1n) is 6.16. The van der Waals surface area contributed by atoms with Gasteiger partial charge in [-0.25, -0.2) is 5.84 Å². The van der Waals surface area contributed by atoms with E-state index in [9.17, 15) is 4.79 Å². The van der Waals surface area contributed by atoms with Crippen molar-refractivity contribution in [1.29, 1.82) is 0 Å². The van der Waals surface area contributed by atoms with Crippen LogP contribution in [0, 0.1) is 11.8 Å². The standard InChI is InChI=1S/C11H23N5O/c1-8(2)7-15-11(16-12)14-6-5-13-10(17)9-3-4-9/h8-9H,3-7,12H2,1-2H3,(H,13,17)(H2,14,15,16). The predicted molar refractivity (Wildman–Crippen MR) is 68.2 cm³/mol. The summed E-state index contributed by atoms with van der Waals surface area (Å²) >= 11 is 0. The molecule has 98 valence electrons. The van der Waals surface area contributed by atoms with Crippen LogP contribution in [-0.2, 0) is 4.79 Å². The third-order valence-electron chi connectivity index (χ3n) is 2.42. The summed E-state index contributed by atoms with van der Waals surface area (Å²) in [6.45, 7) is 6.12. The van der Waals surface area contributed by atoms with Crippen LogP contribution in [0.25, 0.3) is 0 Å². The fraction of sp³-hybridized carbons (Fsp3) is 0.818. The molecule has 1 fully saturated rings. The zero-order chi connectivity index (χ0) is 12.7. The predicted octanol–water partition coefficient (Wildman–Crippen LogP) is -0.422. The van der Waals surface area contributed by atoms with Gasteiger partial charge in [0.15, 0.2) is 0 Å². The van der Waals surface area contributed by atoms with Crippen molar-refractivity contribution in [3.8, 4) is 0 Å². The van der Waals surface area contributed by atoms with Crippen LogP contribution in [0.5, 0.6) is 0 Å². The molecule has 0 aromatic rings. The minimum Gasteiger partial charge on any atom is -0.354 e. The van der Waals surface area contributed by atoms with Crippen molar-refractivity contribution in [3.05, 3.63) is 0 Å². The number of nitrogens with one attached hydrogen (secondary N) is 3. The molecule has 0 atom stereocenters. The van der Waals surface area contributed by atoms with Crippen LogP contribution in [-0.4, -0.2) is 31.5 Å². The molecule has 0 aromatic carbocycles. The van der Waals surface area contributed by atoms with E-state index in [1.54, 1.807) is 0 Å².